The maximum Gasteiger partial charge on any atom is 0.305 e. The van der Waals surface area contributed by atoms with E-state index in [0.29, 0.717) is 16.5 Å². The third kappa shape index (κ3) is 4.19. The second-order valence-electron chi connectivity index (χ2n) is 7.22. The summed E-state index contributed by atoms with van der Waals surface area (Å²) in [5, 5.41) is 0.617. The van der Waals surface area contributed by atoms with E-state index in [2.05, 4.69) is 10.9 Å². The molecule has 1 aromatic heterocycles. The number of nitrogens with one attached hydrogen (secondary N) is 2. The molecule has 3 aromatic rings. The molecule has 1 aliphatic carbocycles. The maximum atomic E-state index is 12.8. The fourth-order valence-electron chi connectivity index (χ4n) is 3.49. The van der Waals surface area contributed by atoms with Crippen LogP contribution < -0.4 is 15.6 Å². The first-order valence-corrected chi connectivity index (χ1v) is 10.1. The molecule has 0 unspecified atom stereocenters. The molecular formula is C23H21ClN2O4. The van der Waals surface area contributed by atoms with E-state index >= 15 is 0 Å². The summed E-state index contributed by atoms with van der Waals surface area (Å²) in [6.07, 6.45) is 2.39. The van der Waals surface area contributed by atoms with Gasteiger partial charge in [-0.2, -0.15) is 0 Å². The molecule has 0 radical (unpaired) electrons. The predicted octanol–water partition coefficient (Wildman–Crippen LogP) is 4.39. The van der Waals surface area contributed by atoms with Crippen molar-refractivity contribution in [3.8, 4) is 5.75 Å². The van der Waals surface area contributed by atoms with Crippen LogP contribution in [0.5, 0.6) is 5.75 Å². The lowest BCUT2D eigenvalue weighted by Gasteiger charge is -2.40. The average molecular weight is 425 g/mol. The Morgan fingerprint density at radius 1 is 0.967 bits per heavy atom. The zero-order valence-electron chi connectivity index (χ0n) is 16.2. The monoisotopic (exact) mass is 424 g/mol. The van der Waals surface area contributed by atoms with E-state index in [1.807, 2.05) is 42.5 Å². The van der Waals surface area contributed by atoms with Crippen molar-refractivity contribution < 1.29 is 18.7 Å². The molecule has 7 heteroatoms. The van der Waals surface area contributed by atoms with Gasteiger partial charge >= 0.3 is 5.91 Å². The van der Waals surface area contributed by atoms with Gasteiger partial charge in [-0.1, -0.05) is 48.4 Å². The highest BCUT2D eigenvalue weighted by molar-refractivity contribution is 6.30. The molecule has 154 valence electrons. The van der Waals surface area contributed by atoms with Gasteiger partial charge in [-0.05, 0) is 54.8 Å². The topological polar surface area (TPSA) is 80.6 Å². The molecule has 2 amide bonds. The molecule has 1 fully saturated rings. The Bertz CT molecular complexity index is 1030. The Balaban J connectivity index is 1.33. The van der Waals surface area contributed by atoms with Gasteiger partial charge in [-0.3, -0.25) is 20.4 Å². The average Bonchev–Trinajstić information content (AvgIpc) is 3.21. The summed E-state index contributed by atoms with van der Waals surface area (Å²) in [7, 11) is 0. The number of carbonyl (C=O) groups excluding carboxylic acids is 2. The number of amides is 2. The van der Waals surface area contributed by atoms with Crippen molar-refractivity contribution in [1.29, 1.82) is 0 Å². The zero-order chi connectivity index (χ0) is 21.0. The molecule has 0 spiro atoms. The molecule has 2 N–H and O–H groups in total. The predicted molar refractivity (Wildman–Crippen MR) is 112 cm³/mol. The molecule has 1 heterocycles. The molecule has 1 saturated carbocycles. The zero-order valence-corrected chi connectivity index (χ0v) is 16.9. The van der Waals surface area contributed by atoms with E-state index in [4.69, 9.17) is 20.8 Å². The van der Waals surface area contributed by atoms with Crippen LogP contribution in [0.2, 0.25) is 5.02 Å². The van der Waals surface area contributed by atoms with Gasteiger partial charge in [0, 0.05) is 5.02 Å². The second-order valence-corrected chi connectivity index (χ2v) is 7.65. The van der Waals surface area contributed by atoms with Crippen molar-refractivity contribution in [2.45, 2.75) is 31.3 Å². The number of hydrogen-bond donors (Lipinski definition) is 2. The normalized spacial score (nSPS) is 14.4. The van der Waals surface area contributed by atoms with Crippen LogP contribution in [-0.2, 0) is 16.8 Å². The van der Waals surface area contributed by atoms with Gasteiger partial charge in [-0.25, -0.2) is 0 Å². The Kier molecular flexibility index (Phi) is 5.77. The van der Waals surface area contributed by atoms with Gasteiger partial charge in [0.25, 0.3) is 0 Å². The summed E-state index contributed by atoms with van der Waals surface area (Å²) >= 11 is 5.96. The molecule has 1 aliphatic rings. The van der Waals surface area contributed by atoms with Crippen LogP contribution in [0, 0.1) is 0 Å². The Labute approximate surface area is 179 Å². The molecule has 30 heavy (non-hydrogen) atoms. The summed E-state index contributed by atoms with van der Waals surface area (Å²) in [4.78, 5) is 25.2. The fraction of sp³-hybridized carbons (Fsp3) is 0.217. The van der Waals surface area contributed by atoms with Gasteiger partial charge in [-0.15, -0.1) is 0 Å². The molecule has 4 rings (SSSR count). The summed E-state index contributed by atoms with van der Waals surface area (Å²) in [6, 6.07) is 19.8. The van der Waals surface area contributed by atoms with E-state index in [0.717, 1.165) is 24.8 Å². The van der Waals surface area contributed by atoms with Crippen LogP contribution in [0.25, 0.3) is 0 Å². The SMILES string of the molecule is O=C(NNC(=O)C1(c2ccc(Cl)cc2)CCC1)c1ccc(COc2ccccc2)o1. The minimum atomic E-state index is -0.643. The highest BCUT2D eigenvalue weighted by Crippen LogP contribution is 2.44. The number of benzene rings is 2. The van der Waals surface area contributed by atoms with Crippen LogP contribution in [-0.4, -0.2) is 11.8 Å². The number of furan rings is 1. The number of rotatable bonds is 6. The second kappa shape index (κ2) is 8.63. The van der Waals surface area contributed by atoms with E-state index in [1.54, 1.807) is 24.3 Å². The standard InChI is InChI=1S/C23H21ClN2O4/c24-17-9-7-16(8-10-17)23(13-4-14-23)22(28)26-25-21(27)20-12-11-19(30-20)15-29-18-5-2-1-3-6-18/h1-3,5-12H,4,13-15H2,(H,25,27)(H,26,28). The minimum Gasteiger partial charge on any atom is -0.486 e. The summed E-state index contributed by atoms with van der Waals surface area (Å²) in [6.45, 7) is 0.198. The third-order valence-corrected chi connectivity index (χ3v) is 5.59. The van der Waals surface area contributed by atoms with Crippen molar-refractivity contribution in [1.82, 2.24) is 10.9 Å². The summed E-state index contributed by atoms with van der Waals surface area (Å²) < 4.78 is 11.1. The lowest BCUT2D eigenvalue weighted by atomic mass is 9.64. The third-order valence-electron chi connectivity index (χ3n) is 5.34. The Morgan fingerprint density at radius 3 is 2.37 bits per heavy atom. The van der Waals surface area contributed by atoms with Gasteiger partial charge in [0.15, 0.2) is 5.76 Å². The first-order chi connectivity index (χ1) is 14.6. The van der Waals surface area contributed by atoms with E-state index < -0.39 is 11.3 Å². The molecule has 6 nitrogen and oxygen atoms in total. The van der Waals surface area contributed by atoms with Crippen LogP contribution in [0.1, 0.15) is 41.1 Å². The van der Waals surface area contributed by atoms with Crippen LogP contribution in [0.3, 0.4) is 0 Å². The lowest BCUT2D eigenvalue weighted by Crippen LogP contribution is -2.54. The Morgan fingerprint density at radius 2 is 1.70 bits per heavy atom. The lowest BCUT2D eigenvalue weighted by molar-refractivity contribution is -0.130. The van der Waals surface area contributed by atoms with Crippen molar-refractivity contribution >= 4 is 23.4 Å². The highest BCUT2D eigenvalue weighted by Gasteiger charge is 2.45. The number of ether oxygens (including phenoxy) is 1. The smallest absolute Gasteiger partial charge is 0.305 e. The van der Waals surface area contributed by atoms with Crippen molar-refractivity contribution in [3.63, 3.8) is 0 Å². The van der Waals surface area contributed by atoms with Gasteiger partial charge < -0.3 is 9.15 Å². The minimum absolute atomic E-state index is 0.0936. The van der Waals surface area contributed by atoms with Crippen molar-refractivity contribution in [3.05, 3.63) is 88.8 Å². The largest absolute Gasteiger partial charge is 0.486 e. The van der Waals surface area contributed by atoms with Crippen LogP contribution in [0.4, 0.5) is 0 Å². The van der Waals surface area contributed by atoms with Gasteiger partial charge in [0.1, 0.15) is 18.1 Å². The Hall–Kier alpha value is -3.25. The molecule has 2 aromatic carbocycles. The van der Waals surface area contributed by atoms with Crippen LogP contribution in [0.15, 0.2) is 71.1 Å². The molecule has 0 bridgehead atoms. The highest BCUT2D eigenvalue weighted by atomic mass is 35.5. The summed E-state index contributed by atoms with van der Waals surface area (Å²) in [5.41, 5.74) is 5.23. The first kappa shape index (κ1) is 20.0. The van der Waals surface area contributed by atoms with E-state index in [-0.39, 0.29) is 18.3 Å². The number of para-hydroxylation sites is 1. The van der Waals surface area contributed by atoms with Crippen molar-refractivity contribution in [2.24, 2.45) is 0 Å². The number of carbonyl (C=O) groups is 2. The first-order valence-electron chi connectivity index (χ1n) is 9.70. The quantitative estimate of drug-likeness (QED) is 0.575. The van der Waals surface area contributed by atoms with E-state index in [9.17, 15) is 9.59 Å². The van der Waals surface area contributed by atoms with Gasteiger partial charge in [0.2, 0.25) is 5.91 Å². The maximum absolute atomic E-state index is 12.8. The van der Waals surface area contributed by atoms with Crippen molar-refractivity contribution in [2.75, 3.05) is 0 Å². The fourth-order valence-corrected chi connectivity index (χ4v) is 3.62. The molecule has 0 atom stereocenters. The molecule has 0 saturated heterocycles. The number of hydrazine groups is 1. The number of halogens is 1. The van der Waals surface area contributed by atoms with Crippen LogP contribution >= 0.6 is 11.6 Å². The van der Waals surface area contributed by atoms with E-state index in [1.165, 1.54) is 0 Å². The number of hydrogen-bond acceptors (Lipinski definition) is 4. The van der Waals surface area contributed by atoms with Gasteiger partial charge in [0.05, 0.1) is 5.41 Å². The summed E-state index contributed by atoms with van der Waals surface area (Å²) in [5.74, 6) is 0.534. The molecular weight excluding hydrogens is 404 g/mol. The molecule has 0 aliphatic heterocycles.